The Bertz CT molecular complexity index is 3250. The van der Waals surface area contributed by atoms with Gasteiger partial charge < -0.3 is 4.57 Å². The minimum atomic E-state index is -0.0283. The highest BCUT2D eigenvalue weighted by molar-refractivity contribution is 7.26. The van der Waals surface area contributed by atoms with Crippen LogP contribution >= 0.6 is 11.3 Å². The Morgan fingerprint density at radius 3 is 2.43 bits per heavy atom. The van der Waals surface area contributed by atoms with E-state index in [1.165, 1.54) is 86.4 Å². The lowest BCUT2D eigenvalue weighted by molar-refractivity contribution is 0.547. The molecule has 12 rings (SSSR count). The van der Waals surface area contributed by atoms with E-state index in [1.807, 2.05) is 11.3 Å². The number of benzene rings is 6. The van der Waals surface area contributed by atoms with Gasteiger partial charge in [-0.2, -0.15) is 0 Å². The van der Waals surface area contributed by atoms with Crippen molar-refractivity contribution in [2.45, 2.75) is 38.1 Å². The molecule has 0 saturated carbocycles. The molecule has 3 unspecified atom stereocenters. The van der Waals surface area contributed by atoms with E-state index in [0.29, 0.717) is 5.92 Å². The second-order valence-electron chi connectivity index (χ2n) is 16.2. The molecule has 3 heterocycles. The molecule has 0 bridgehead atoms. The van der Waals surface area contributed by atoms with Crippen molar-refractivity contribution >= 4 is 81.7 Å². The second-order valence-corrected chi connectivity index (χ2v) is 17.3. The summed E-state index contributed by atoms with van der Waals surface area (Å²) in [7, 11) is 0. The largest absolute Gasteiger partial charge is 0.309 e. The van der Waals surface area contributed by atoms with Crippen LogP contribution in [-0.2, 0) is 0 Å². The fraction of sp³-hybridized carbons (Fsp3) is 0.148. The number of amidine groups is 1. The van der Waals surface area contributed by atoms with E-state index in [9.17, 15) is 0 Å². The number of allylic oxidation sites excluding steroid dienone is 7. The van der Waals surface area contributed by atoms with Gasteiger partial charge in [0.2, 0.25) is 0 Å². The van der Waals surface area contributed by atoms with Crippen LogP contribution in [0.2, 0.25) is 0 Å². The van der Waals surface area contributed by atoms with E-state index in [1.54, 1.807) is 0 Å². The molecule has 8 aromatic rings. The highest BCUT2D eigenvalue weighted by Gasteiger charge is 2.38. The Hall–Kier alpha value is -6.36. The zero-order chi connectivity index (χ0) is 38.3. The predicted molar refractivity (Wildman–Crippen MR) is 248 cm³/mol. The van der Waals surface area contributed by atoms with E-state index >= 15 is 0 Å². The number of hydrogen-bond acceptors (Lipinski definition) is 3. The zero-order valence-corrected chi connectivity index (χ0v) is 33.2. The Balaban J connectivity index is 1.13. The third-order valence-electron chi connectivity index (χ3n) is 13.0. The molecule has 278 valence electrons. The summed E-state index contributed by atoms with van der Waals surface area (Å²) in [6.07, 6.45) is 21.4. The SMILES string of the molecule is CC[C@@H]1C(C2CC=Cc3ccccc32)=NC(c2cc(-n3c4ccccc4c4cc5ccccc5cc43)c3c(c2)sc2ccccc23)=NC1C1=CCC2C=CC=CC2=C1. The van der Waals surface area contributed by atoms with Crippen molar-refractivity contribution in [3.8, 4) is 5.69 Å². The molecule has 1 aliphatic heterocycles. The summed E-state index contributed by atoms with van der Waals surface area (Å²) >= 11 is 1.87. The lowest BCUT2D eigenvalue weighted by Gasteiger charge is -2.36. The van der Waals surface area contributed by atoms with Gasteiger partial charge in [0.25, 0.3) is 0 Å². The molecule has 6 aromatic carbocycles. The summed E-state index contributed by atoms with van der Waals surface area (Å²) in [5.74, 6) is 1.66. The third-order valence-corrected chi connectivity index (χ3v) is 14.2. The van der Waals surface area contributed by atoms with Gasteiger partial charge in [-0.05, 0) is 88.7 Å². The highest BCUT2D eigenvalue weighted by atomic mass is 32.1. The molecule has 58 heavy (non-hydrogen) atoms. The molecule has 4 aliphatic rings. The third kappa shape index (κ3) is 5.24. The van der Waals surface area contributed by atoms with Gasteiger partial charge in [0, 0.05) is 60.0 Å². The number of rotatable bonds is 5. The maximum atomic E-state index is 5.77. The molecule has 0 radical (unpaired) electrons. The summed E-state index contributed by atoms with van der Waals surface area (Å²) in [4.78, 5) is 11.5. The maximum absolute atomic E-state index is 5.77. The molecule has 0 N–H and O–H groups in total. The van der Waals surface area contributed by atoms with Gasteiger partial charge in [-0.3, -0.25) is 4.99 Å². The van der Waals surface area contributed by atoms with Crippen molar-refractivity contribution in [3.05, 3.63) is 192 Å². The minimum absolute atomic E-state index is 0.0283. The van der Waals surface area contributed by atoms with Gasteiger partial charge in [0.15, 0.2) is 5.84 Å². The average molecular weight is 764 g/mol. The highest BCUT2D eigenvalue weighted by Crippen LogP contribution is 2.45. The predicted octanol–water partition coefficient (Wildman–Crippen LogP) is 14.1. The van der Waals surface area contributed by atoms with Crippen molar-refractivity contribution in [2.24, 2.45) is 21.8 Å². The molecule has 2 aromatic heterocycles. The lowest BCUT2D eigenvalue weighted by atomic mass is 9.73. The van der Waals surface area contributed by atoms with Gasteiger partial charge in [-0.15, -0.1) is 11.3 Å². The molecule has 4 heteroatoms. The first kappa shape index (κ1) is 33.7. The minimum Gasteiger partial charge on any atom is -0.309 e. The molecule has 0 saturated heterocycles. The fourth-order valence-electron chi connectivity index (χ4n) is 10.3. The number of para-hydroxylation sites is 1. The number of nitrogens with zero attached hydrogens (tertiary/aromatic N) is 3. The van der Waals surface area contributed by atoms with Crippen LogP contribution in [0, 0.1) is 11.8 Å². The molecule has 0 fully saturated rings. The first-order chi connectivity index (χ1) is 28.7. The molecule has 0 spiro atoms. The molecule has 3 nitrogen and oxygen atoms in total. The van der Waals surface area contributed by atoms with Crippen LogP contribution in [0.3, 0.4) is 0 Å². The van der Waals surface area contributed by atoms with Crippen molar-refractivity contribution in [3.63, 3.8) is 0 Å². The van der Waals surface area contributed by atoms with Crippen LogP contribution in [0.4, 0.5) is 0 Å². The summed E-state index contributed by atoms with van der Waals surface area (Å²) < 4.78 is 5.05. The molecule has 3 aliphatic carbocycles. The Morgan fingerprint density at radius 1 is 0.707 bits per heavy atom. The Labute approximate surface area is 342 Å². The van der Waals surface area contributed by atoms with Crippen molar-refractivity contribution in [2.75, 3.05) is 0 Å². The van der Waals surface area contributed by atoms with E-state index in [-0.39, 0.29) is 17.9 Å². The van der Waals surface area contributed by atoms with E-state index in [2.05, 4.69) is 181 Å². The van der Waals surface area contributed by atoms with Crippen LogP contribution in [0.15, 0.2) is 185 Å². The summed E-state index contributed by atoms with van der Waals surface area (Å²) in [5, 5.41) is 7.57. The van der Waals surface area contributed by atoms with Gasteiger partial charge in [0.05, 0.1) is 22.8 Å². The molecular weight excluding hydrogens is 723 g/mol. The van der Waals surface area contributed by atoms with E-state index < -0.39 is 0 Å². The average Bonchev–Trinajstić information content (AvgIpc) is 3.82. The summed E-state index contributed by atoms with van der Waals surface area (Å²) in [6.45, 7) is 2.33. The van der Waals surface area contributed by atoms with Crippen LogP contribution < -0.4 is 0 Å². The van der Waals surface area contributed by atoms with Gasteiger partial charge in [-0.1, -0.05) is 140 Å². The van der Waals surface area contributed by atoms with E-state index in [0.717, 1.165) is 30.7 Å². The maximum Gasteiger partial charge on any atom is 0.155 e. The number of aliphatic imine (C=N–C) groups is 2. The van der Waals surface area contributed by atoms with Gasteiger partial charge in [0.1, 0.15) is 0 Å². The quantitative estimate of drug-likeness (QED) is 0.167. The number of fused-ring (bicyclic) bond motifs is 9. The summed E-state index contributed by atoms with van der Waals surface area (Å²) in [6, 6.07) is 44.9. The zero-order valence-electron chi connectivity index (χ0n) is 32.3. The van der Waals surface area contributed by atoms with Crippen LogP contribution in [0.1, 0.15) is 48.8 Å². The normalized spacial score (nSPS) is 21.3. The van der Waals surface area contributed by atoms with Crippen LogP contribution in [-0.4, -0.2) is 22.2 Å². The molecule has 4 atom stereocenters. The first-order valence-corrected chi connectivity index (χ1v) is 21.6. The van der Waals surface area contributed by atoms with Crippen molar-refractivity contribution < 1.29 is 0 Å². The molecular formula is C54H41N3S. The summed E-state index contributed by atoms with van der Waals surface area (Å²) in [5.41, 5.74) is 11.3. The lowest BCUT2D eigenvalue weighted by Crippen LogP contribution is -2.37. The first-order valence-electron chi connectivity index (χ1n) is 20.8. The fourth-order valence-corrected chi connectivity index (χ4v) is 11.5. The standard InChI is InChI=1S/C54H41N3S/c1-2-40-52(38-27-26-33-14-3-4-16-35(33)28-38)55-54(56-53(40)43-23-13-19-34-15-7-8-20-41(34)43)39-31-48(51-44-22-10-12-25-49(44)58-50(51)32-39)57-46-24-11-9-21-42(46)45-29-36-17-5-6-18-37(36)30-47(45)57/h3-22,24-25,27-33,40,43,52H,2,23,26H2,1H3/t33?,40-,43?,52?/m0/s1. The number of thiophene rings is 1. The number of aromatic nitrogens is 1. The Kier molecular flexibility index (Phi) is 7.77. The van der Waals surface area contributed by atoms with Crippen LogP contribution in [0.25, 0.3) is 64.5 Å². The van der Waals surface area contributed by atoms with Crippen LogP contribution in [0.5, 0.6) is 0 Å². The van der Waals surface area contributed by atoms with Gasteiger partial charge in [-0.25, -0.2) is 4.99 Å². The number of hydrogen-bond donors (Lipinski definition) is 0. The van der Waals surface area contributed by atoms with E-state index in [4.69, 9.17) is 9.98 Å². The molecule has 0 amide bonds. The van der Waals surface area contributed by atoms with Crippen molar-refractivity contribution in [1.82, 2.24) is 4.57 Å². The van der Waals surface area contributed by atoms with Crippen molar-refractivity contribution in [1.29, 1.82) is 0 Å². The smallest absolute Gasteiger partial charge is 0.155 e. The Morgan fingerprint density at radius 2 is 1.52 bits per heavy atom. The second kappa shape index (κ2) is 13.4. The topological polar surface area (TPSA) is 29.6 Å². The van der Waals surface area contributed by atoms with Gasteiger partial charge >= 0.3 is 0 Å². The monoisotopic (exact) mass is 763 g/mol.